The van der Waals surface area contributed by atoms with Crippen molar-refractivity contribution < 1.29 is 4.74 Å². The lowest BCUT2D eigenvalue weighted by atomic mass is 10.1. The van der Waals surface area contributed by atoms with Gasteiger partial charge in [0.2, 0.25) is 0 Å². The maximum atomic E-state index is 5.44. The topological polar surface area (TPSA) is 52.0 Å². The van der Waals surface area contributed by atoms with Crippen LogP contribution in [0.3, 0.4) is 0 Å². The minimum atomic E-state index is 0.471. The van der Waals surface area contributed by atoms with Crippen LogP contribution in [0.1, 0.15) is 36.2 Å². The Bertz CT molecular complexity index is 604. The number of pyridine rings is 1. The van der Waals surface area contributed by atoms with Gasteiger partial charge in [-0.2, -0.15) is 5.10 Å². The summed E-state index contributed by atoms with van der Waals surface area (Å²) >= 11 is 0. The largest absolute Gasteiger partial charge is 0.496 e. The summed E-state index contributed by atoms with van der Waals surface area (Å²) in [6.45, 7) is 9.81. The van der Waals surface area contributed by atoms with E-state index in [0.717, 1.165) is 29.1 Å². The summed E-state index contributed by atoms with van der Waals surface area (Å²) in [5.41, 5.74) is 4.31. The van der Waals surface area contributed by atoms with Gasteiger partial charge in [0.1, 0.15) is 5.75 Å². The third-order valence-corrected chi connectivity index (χ3v) is 3.46. The Morgan fingerprint density at radius 2 is 2.05 bits per heavy atom. The molecule has 0 spiro atoms. The van der Waals surface area contributed by atoms with Gasteiger partial charge in [-0.25, -0.2) is 0 Å². The van der Waals surface area contributed by atoms with E-state index in [1.165, 1.54) is 5.56 Å². The second-order valence-corrected chi connectivity index (χ2v) is 5.63. The van der Waals surface area contributed by atoms with E-state index in [-0.39, 0.29) is 0 Å². The van der Waals surface area contributed by atoms with E-state index in [2.05, 4.69) is 35.4 Å². The van der Waals surface area contributed by atoms with Crippen molar-refractivity contribution in [2.45, 2.75) is 46.8 Å². The molecule has 0 aliphatic rings. The minimum Gasteiger partial charge on any atom is -0.496 e. The van der Waals surface area contributed by atoms with E-state index in [9.17, 15) is 0 Å². The van der Waals surface area contributed by atoms with Crippen LogP contribution in [0.15, 0.2) is 18.6 Å². The molecule has 5 heteroatoms. The predicted octanol–water partition coefficient (Wildman–Crippen LogP) is 2.45. The zero-order valence-corrected chi connectivity index (χ0v) is 13.5. The monoisotopic (exact) mass is 288 g/mol. The van der Waals surface area contributed by atoms with E-state index >= 15 is 0 Å². The number of aromatic nitrogens is 3. The molecule has 0 bridgehead atoms. The summed E-state index contributed by atoms with van der Waals surface area (Å²) in [6.07, 6.45) is 5.81. The Labute approximate surface area is 126 Å². The van der Waals surface area contributed by atoms with Crippen molar-refractivity contribution >= 4 is 0 Å². The molecule has 0 unspecified atom stereocenters. The highest BCUT2D eigenvalue weighted by Crippen LogP contribution is 2.24. The van der Waals surface area contributed by atoms with Gasteiger partial charge in [-0.3, -0.25) is 9.67 Å². The summed E-state index contributed by atoms with van der Waals surface area (Å²) in [7, 11) is 1.70. The van der Waals surface area contributed by atoms with E-state index in [0.29, 0.717) is 12.6 Å². The molecule has 2 aromatic rings. The van der Waals surface area contributed by atoms with Crippen molar-refractivity contribution in [2.75, 3.05) is 7.11 Å². The molecule has 2 rings (SSSR count). The molecule has 0 amide bonds. The van der Waals surface area contributed by atoms with Gasteiger partial charge in [0.15, 0.2) is 0 Å². The van der Waals surface area contributed by atoms with E-state index in [1.54, 1.807) is 7.11 Å². The van der Waals surface area contributed by atoms with Gasteiger partial charge in [-0.1, -0.05) is 13.8 Å². The first-order valence-electron chi connectivity index (χ1n) is 7.25. The third kappa shape index (κ3) is 3.82. The van der Waals surface area contributed by atoms with Crippen molar-refractivity contribution in [1.82, 2.24) is 20.1 Å². The number of ether oxygens (including phenoxy) is 1. The molecule has 2 heterocycles. The zero-order chi connectivity index (χ0) is 15.4. The van der Waals surface area contributed by atoms with Crippen LogP contribution in [0.25, 0.3) is 0 Å². The van der Waals surface area contributed by atoms with Crippen molar-refractivity contribution in [2.24, 2.45) is 0 Å². The van der Waals surface area contributed by atoms with Crippen LogP contribution in [0, 0.1) is 13.8 Å². The highest BCUT2D eigenvalue weighted by atomic mass is 16.5. The fraction of sp³-hybridized carbons (Fsp3) is 0.500. The number of hydrogen-bond donors (Lipinski definition) is 1. The third-order valence-electron chi connectivity index (χ3n) is 3.46. The smallest absolute Gasteiger partial charge is 0.128 e. The van der Waals surface area contributed by atoms with E-state index < -0.39 is 0 Å². The maximum Gasteiger partial charge on any atom is 0.128 e. The molecule has 0 saturated heterocycles. The summed E-state index contributed by atoms with van der Waals surface area (Å²) in [5.74, 6) is 0.911. The first kappa shape index (κ1) is 15.5. The van der Waals surface area contributed by atoms with Crippen LogP contribution in [0.5, 0.6) is 5.75 Å². The Balaban J connectivity index is 2.12. The molecule has 1 N–H and O–H groups in total. The van der Waals surface area contributed by atoms with Crippen molar-refractivity contribution in [3.8, 4) is 5.75 Å². The molecule has 0 aromatic carbocycles. The average Bonchev–Trinajstić information content (AvgIpc) is 2.88. The lowest BCUT2D eigenvalue weighted by Crippen LogP contribution is -2.21. The van der Waals surface area contributed by atoms with Gasteiger partial charge in [0.05, 0.1) is 25.5 Å². The lowest BCUT2D eigenvalue weighted by molar-refractivity contribution is 0.406. The van der Waals surface area contributed by atoms with Crippen LogP contribution >= 0.6 is 0 Å². The molecule has 0 radical (unpaired) electrons. The maximum absolute atomic E-state index is 5.44. The van der Waals surface area contributed by atoms with Crippen LogP contribution in [-0.2, 0) is 13.1 Å². The van der Waals surface area contributed by atoms with Gasteiger partial charge < -0.3 is 10.1 Å². The molecule has 0 fully saturated rings. The highest BCUT2D eigenvalue weighted by molar-refractivity contribution is 5.41. The van der Waals surface area contributed by atoms with Gasteiger partial charge in [-0.05, 0) is 13.8 Å². The normalized spacial score (nSPS) is 11.1. The molecule has 114 valence electrons. The number of methoxy groups -OCH3 is 1. The Hall–Kier alpha value is -1.88. The van der Waals surface area contributed by atoms with E-state index in [4.69, 9.17) is 4.74 Å². The molecule has 0 atom stereocenters. The van der Waals surface area contributed by atoms with Crippen LogP contribution < -0.4 is 10.1 Å². The summed E-state index contributed by atoms with van der Waals surface area (Å²) in [4.78, 5) is 4.51. The standard InChI is InChI=1S/C16H24N4O/c1-11(2)17-7-14-8-19-20(9-14)10-15-13(4)16(21-5)12(3)6-18-15/h6,8-9,11,17H,7,10H2,1-5H3. The summed E-state index contributed by atoms with van der Waals surface area (Å²) < 4.78 is 7.36. The average molecular weight is 288 g/mol. The van der Waals surface area contributed by atoms with Crippen molar-refractivity contribution in [3.05, 3.63) is 41.0 Å². The van der Waals surface area contributed by atoms with Crippen molar-refractivity contribution in [3.63, 3.8) is 0 Å². The Morgan fingerprint density at radius 1 is 1.29 bits per heavy atom. The van der Waals surface area contributed by atoms with Gasteiger partial charge >= 0.3 is 0 Å². The molecule has 0 aliphatic carbocycles. The van der Waals surface area contributed by atoms with Gasteiger partial charge in [-0.15, -0.1) is 0 Å². The second kappa shape index (κ2) is 6.72. The number of nitrogens with one attached hydrogen (secondary N) is 1. The molecule has 0 aliphatic heterocycles. The fourth-order valence-corrected chi connectivity index (χ4v) is 2.29. The fourth-order valence-electron chi connectivity index (χ4n) is 2.29. The van der Waals surface area contributed by atoms with Crippen LogP contribution in [0.2, 0.25) is 0 Å². The quantitative estimate of drug-likeness (QED) is 0.887. The molecular formula is C16H24N4O. The highest BCUT2D eigenvalue weighted by Gasteiger charge is 2.10. The Morgan fingerprint density at radius 3 is 2.71 bits per heavy atom. The van der Waals surface area contributed by atoms with Crippen molar-refractivity contribution in [1.29, 1.82) is 0 Å². The van der Waals surface area contributed by atoms with Gasteiger partial charge in [0.25, 0.3) is 0 Å². The number of aryl methyl sites for hydroxylation is 1. The first-order chi connectivity index (χ1) is 10.0. The molecule has 21 heavy (non-hydrogen) atoms. The molecule has 2 aromatic heterocycles. The minimum absolute atomic E-state index is 0.471. The lowest BCUT2D eigenvalue weighted by Gasteiger charge is -2.12. The first-order valence-corrected chi connectivity index (χ1v) is 7.25. The SMILES string of the molecule is COc1c(C)cnc(Cn2cc(CNC(C)C)cn2)c1C. The van der Waals surface area contributed by atoms with Crippen LogP contribution in [0.4, 0.5) is 0 Å². The molecular weight excluding hydrogens is 264 g/mol. The van der Waals surface area contributed by atoms with Gasteiger partial charge in [0, 0.05) is 41.7 Å². The number of rotatable bonds is 6. The Kier molecular flexibility index (Phi) is 4.96. The number of nitrogens with zero attached hydrogens (tertiary/aromatic N) is 3. The predicted molar refractivity (Wildman–Crippen MR) is 83.6 cm³/mol. The number of hydrogen-bond acceptors (Lipinski definition) is 4. The second-order valence-electron chi connectivity index (χ2n) is 5.63. The zero-order valence-electron chi connectivity index (χ0n) is 13.5. The van der Waals surface area contributed by atoms with E-state index in [1.807, 2.05) is 30.9 Å². The molecule has 5 nitrogen and oxygen atoms in total. The van der Waals surface area contributed by atoms with Crippen LogP contribution in [-0.4, -0.2) is 27.9 Å². The summed E-state index contributed by atoms with van der Waals surface area (Å²) in [6, 6.07) is 0.471. The molecule has 0 saturated carbocycles. The summed E-state index contributed by atoms with van der Waals surface area (Å²) in [5, 5.41) is 7.79.